The molecule has 5 heteroatoms. The van der Waals surface area contributed by atoms with E-state index in [9.17, 15) is 0 Å². The lowest BCUT2D eigenvalue weighted by molar-refractivity contribution is 0.488. The number of benzene rings is 10. The topological polar surface area (TPSA) is 32.2 Å². The number of fused-ring (bicyclic) bond motifs is 15. The zero-order valence-electron chi connectivity index (χ0n) is 40.3. The Labute approximate surface area is 407 Å². The van der Waals surface area contributed by atoms with Gasteiger partial charge in [0.15, 0.2) is 0 Å². The number of para-hydroxylation sites is 3. The molecule has 1 aliphatic heterocycles. The quantitative estimate of drug-likeness (QED) is 0.156. The van der Waals surface area contributed by atoms with Gasteiger partial charge >= 0.3 is 0 Å². The van der Waals surface area contributed by atoms with E-state index in [0.29, 0.717) is 5.92 Å². The highest BCUT2D eigenvalue weighted by Gasteiger charge is 2.39. The minimum Gasteiger partial charge on any atom is -0.458 e. The summed E-state index contributed by atoms with van der Waals surface area (Å²) >= 11 is 0. The monoisotopic (exact) mass is 902 g/mol. The molecule has 14 rings (SSSR count). The van der Waals surface area contributed by atoms with E-state index in [4.69, 9.17) is 9.15 Å². The Kier molecular flexibility index (Phi) is 8.93. The second kappa shape index (κ2) is 15.2. The van der Waals surface area contributed by atoms with Crippen molar-refractivity contribution in [3.8, 4) is 22.9 Å². The summed E-state index contributed by atoms with van der Waals surface area (Å²) in [6.45, 7) is 13.9. The minimum atomic E-state index is -0.133. The fourth-order valence-electron chi connectivity index (χ4n) is 12.3. The van der Waals surface area contributed by atoms with Gasteiger partial charge in [-0.1, -0.05) is 174 Å². The number of hydrogen-bond acceptors (Lipinski definition) is 2. The highest BCUT2D eigenvalue weighted by molar-refractivity contribution is 6.99. The largest absolute Gasteiger partial charge is 0.458 e. The molecule has 0 bridgehead atoms. The van der Waals surface area contributed by atoms with Gasteiger partial charge in [0, 0.05) is 54.8 Å². The van der Waals surface area contributed by atoms with Crippen molar-refractivity contribution in [3.63, 3.8) is 0 Å². The first kappa shape index (κ1) is 41.0. The fraction of sp³-hybridized carbons (Fsp3) is 0.138. The van der Waals surface area contributed by atoms with E-state index in [-0.39, 0.29) is 18.5 Å². The summed E-state index contributed by atoms with van der Waals surface area (Å²) in [5.74, 6) is 2.72. The highest BCUT2D eigenvalue weighted by Crippen LogP contribution is 2.45. The van der Waals surface area contributed by atoms with Crippen LogP contribution < -0.4 is 21.1 Å². The Morgan fingerprint density at radius 2 is 1.04 bits per heavy atom. The summed E-state index contributed by atoms with van der Waals surface area (Å²) in [4.78, 5) is 0. The van der Waals surface area contributed by atoms with Crippen LogP contribution in [0.4, 0.5) is 0 Å². The maximum absolute atomic E-state index is 7.50. The van der Waals surface area contributed by atoms with E-state index in [1.54, 1.807) is 0 Å². The molecular weight excluding hydrogens is 852 g/mol. The lowest BCUT2D eigenvalue weighted by atomic mass is 9.33. The van der Waals surface area contributed by atoms with E-state index < -0.39 is 0 Å². The highest BCUT2D eigenvalue weighted by atomic mass is 16.5. The Morgan fingerprint density at radius 1 is 0.400 bits per heavy atom. The van der Waals surface area contributed by atoms with E-state index in [2.05, 4.69) is 233 Å². The molecule has 0 radical (unpaired) electrons. The standard InChI is InChI=1S/C65H51BN2O2/c1-37(2)41-30-49(38(3)4)63(50(31-41)39(5)6)66-54-34-60-53(46-24-15-17-27-59(46)69-60)33-61(54)70-62-36-58(44-22-12-13-25-47(44)64(62)66)68-57-35-56-51(32-52(57)48-29-28-40-18-10-11-21-43(40)65(48)68)45-23-14-16-26-55(45)67(56)42-19-8-7-9-20-42/h7-39H,1-6H3. The Balaban J connectivity index is 1.14. The summed E-state index contributed by atoms with van der Waals surface area (Å²) in [7, 11) is 0. The van der Waals surface area contributed by atoms with E-state index in [1.165, 1.54) is 87.3 Å². The van der Waals surface area contributed by atoms with Crippen LogP contribution in [0.5, 0.6) is 11.5 Å². The first-order valence-corrected chi connectivity index (χ1v) is 25.0. The molecule has 4 nitrogen and oxygen atoms in total. The van der Waals surface area contributed by atoms with Gasteiger partial charge in [0.25, 0.3) is 6.71 Å². The van der Waals surface area contributed by atoms with Crippen LogP contribution in [0, 0.1) is 0 Å². The molecule has 336 valence electrons. The Bertz CT molecular complexity index is 4290. The van der Waals surface area contributed by atoms with Crippen LogP contribution in [-0.2, 0) is 0 Å². The summed E-state index contributed by atoms with van der Waals surface area (Å²) in [6.07, 6.45) is 0. The van der Waals surface area contributed by atoms with Crippen molar-refractivity contribution in [2.24, 2.45) is 0 Å². The van der Waals surface area contributed by atoms with Crippen LogP contribution in [0.25, 0.3) is 98.5 Å². The molecule has 0 spiro atoms. The lowest BCUT2D eigenvalue weighted by Crippen LogP contribution is -2.57. The van der Waals surface area contributed by atoms with Gasteiger partial charge in [0.1, 0.15) is 22.7 Å². The molecule has 0 aliphatic carbocycles. The van der Waals surface area contributed by atoms with Crippen molar-refractivity contribution >= 4 is 110 Å². The molecule has 13 aromatic rings. The first-order valence-electron chi connectivity index (χ1n) is 25.0. The van der Waals surface area contributed by atoms with Crippen molar-refractivity contribution < 1.29 is 9.15 Å². The van der Waals surface area contributed by atoms with Gasteiger partial charge in [-0.15, -0.1) is 0 Å². The molecule has 0 saturated carbocycles. The third-order valence-electron chi connectivity index (χ3n) is 15.5. The van der Waals surface area contributed by atoms with Crippen LogP contribution in [0.1, 0.15) is 76.0 Å². The van der Waals surface area contributed by atoms with Gasteiger partial charge in [-0.25, -0.2) is 0 Å². The molecule has 0 saturated heterocycles. The van der Waals surface area contributed by atoms with Gasteiger partial charge in [0.2, 0.25) is 0 Å². The van der Waals surface area contributed by atoms with E-state index in [0.717, 1.165) is 55.8 Å². The van der Waals surface area contributed by atoms with Crippen molar-refractivity contribution in [1.82, 2.24) is 9.13 Å². The Hall–Kier alpha value is -8.02. The molecule has 0 atom stereocenters. The summed E-state index contributed by atoms with van der Waals surface area (Å²) in [6, 6.07) is 67.4. The van der Waals surface area contributed by atoms with Crippen LogP contribution >= 0.6 is 0 Å². The third-order valence-corrected chi connectivity index (χ3v) is 15.5. The fourth-order valence-corrected chi connectivity index (χ4v) is 12.3. The molecule has 10 aromatic carbocycles. The number of hydrogen-bond donors (Lipinski definition) is 0. The first-order chi connectivity index (χ1) is 34.2. The molecule has 70 heavy (non-hydrogen) atoms. The number of furan rings is 1. The molecule has 4 heterocycles. The SMILES string of the molecule is CC(C)c1cc(C(C)C)c(B2c3cc4oc5ccccc5c4cc3Oc3cc(-n4c5cc6c(cc5c5ccc7ccccc7c54)c4ccccc4n6-c4ccccc4)c4ccccc4c32)c(C(C)C)c1. The number of rotatable bonds is 6. The maximum atomic E-state index is 7.50. The molecule has 1 aliphatic rings. The van der Waals surface area contributed by atoms with Crippen LogP contribution in [0.15, 0.2) is 186 Å². The number of aromatic nitrogens is 2. The predicted molar refractivity (Wildman–Crippen MR) is 297 cm³/mol. The second-order valence-corrected chi connectivity index (χ2v) is 20.5. The third kappa shape index (κ3) is 5.84. The molecule has 0 amide bonds. The molecular formula is C65H51BN2O2. The minimum absolute atomic E-state index is 0.133. The van der Waals surface area contributed by atoms with E-state index in [1.807, 2.05) is 0 Å². The Morgan fingerprint density at radius 3 is 1.80 bits per heavy atom. The number of nitrogens with zero attached hydrogens (tertiary/aromatic N) is 2. The van der Waals surface area contributed by atoms with E-state index >= 15 is 0 Å². The predicted octanol–water partition coefficient (Wildman–Crippen LogP) is 16.1. The lowest BCUT2D eigenvalue weighted by Gasteiger charge is -2.33. The van der Waals surface area contributed by atoms with Crippen molar-refractivity contribution in [2.75, 3.05) is 0 Å². The van der Waals surface area contributed by atoms with Crippen molar-refractivity contribution in [3.05, 3.63) is 199 Å². The molecule has 0 unspecified atom stereocenters. The molecule has 0 N–H and O–H groups in total. The second-order valence-electron chi connectivity index (χ2n) is 20.5. The zero-order valence-corrected chi connectivity index (χ0v) is 40.3. The molecule has 0 fully saturated rings. The summed E-state index contributed by atoms with van der Waals surface area (Å²) < 4.78 is 19.2. The number of ether oxygens (including phenoxy) is 1. The zero-order chi connectivity index (χ0) is 47.1. The van der Waals surface area contributed by atoms with Gasteiger partial charge in [-0.2, -0.15) is 0 Å². The van der Waals surface area contributed by atoms with Gasteiger partial charge < -0.3 is 18.3 Å². The van der Waals surface area contributed by atoms with Gasteiger partial charge in [-0.05, 0) is 105 Å². The van der Waals surface area contributed by atoms with Crippen molar-refractivity contribution in [2.45, 2.75) is 59.3 Å². The van der Waals surface area contributed by atoms with Crippen LogP contribution in [0.3, 0.4) is 0 Å². The summed E-state index contributed by atoms with van der Waals surface area (Å²) in [5.41, 5.74) is 16.6. The van der Waals surface area contributed by atoms with Crippen LogP contribution in [-0.4, -0.2) is 15.8 Å². The van der Waals surface area contributed by atoms with Gasteiger partial charge in [-0.3, -0.25) is 0 Å². The summed E-state index contributed by atoms with van der Waals surface area (Å²) in [5, 5.41) is 11.9. The molecule has 3 aromatic heterocycles. The average Bonchev–Trinajstić information content (AvgIpc) is 4.03. The smallest absolute Gasteiger partial charge is 0.252 e. The normalized spacial score (nSPS) is 12.9. The van der Waals surface area contributed by atoms with Crippen molar-refractivity contribution in [1.29, 1.82) is 0 Å². The van der Waals surface area contributed by atoms with Gasteiger partial charge in [0.05, 0.1) is 27.8 Å². The van der Waals surface area contributed by atoms with Crippen LogP contribution in [0.2, 0.25) is 0 Å². The average molecular weight is 903 g/mol. The maximum Gasteiger partial charge on any atom is 0.252 e.